The highest BCUT2D eigenvalue weighted by atomic mass is 16.5. The van der Waals surface area contributed by atoms with Gasteiger partial charge in [0.25, 0.3) is 0 Å². The van der Waals surface area contributed by atoms with Crippen molar-refractivity contribution in [1.29, 1.82) is 0 Å². The Hall–Kier alpha value is -1.96. The molecule has 1 fully saturated rings. The molecule has 0 radical (unpaired) electrons. The Bertz CT molecular complexity index is 474. The molecule has 0 saturated carbocycles. The lowest BCUT2D eigenvalue weighted by molar-refractivity contribution is 0.275. The number of hydrogen-bond donors (Lipinski definition) is 0. The molecule has 2 heteroatoms. The normalized spacial score (nSPS) is 16.7. The van der Waals surface area contributed by atoms with Gasteiger partial charge in [-0.2, -0.15) is 0 Å². The van der Waals surface area contributed by atoms with Crippen molar-refractivity contribution < 1.29 is 4.74 Å². The van der Waals surface area contributed by atoms with Gasteiger partial charge in [0.2, 0.25) is 0 Å². The molecule has 0 aromatic rings. The van der Waals surface area contributed by atoms with E-state index in [1.165, 1.54) is 18.5 Å². The molecule has 1 saturated heterocycles. The van der Waals surface area contributed by atoms with E-state index in [4.69, 9.17) is 4.74 Å². The van der Waals surface area contributed by atoms with Crippen molar-refractivity contribution in [3.63, 3.8) is 0 Å². The van der Waals surface area contributed by atoms with Crippen LogP contribution < -0.4 is 0 Å². The Morgan fingerprint density at radius 3 is 2.50 bits per heavy atom. The molecule has 1 heterocycles. The molecule has 2 nitrogen and oxygen atoms in total. The summed E-state index contributed by atoms with van der Waals surface area (Å²) in [4.78, 5) is 2.39. The summed E-state index contributed by atoms with van der Waals surface area (Å²) in [5, 5.41) is 0. The quantitative estimate of drug-likeness (QED) is 0.431. The highest BCUT2D eigenvalue weighted by Gasteiger charge is 2.13. The maximum Gasteiger partial charge on any atom is 0.0979 e. The molecule has 0 atom stereocenters. The Morgan fingerprint density at radius 1 is 1.18 bits per heavy atom. The van der Waals surface area contributed by atoms with Gasteiger partial charge in [0.15, 0.2) is 0 Å². The topological polar surface area (TPSA) is 12.5 Å². The second-order valence-electron chi connectivity index (χ2n) is 5.38. The number of hydrogen-bond acceptors (Lipinski definition) is 2. The Labute approximate surface area is 135 Å². The zero-order valence-electron chi connectivity index (χ0n) is 14.1. The second kappa shape index (κ2) is 10.7. The average molecular weight is 299 g/mol. The number of ether oxygens (including phenoxy) is 1. The largest absolute Gasteiger partial charge is 0.501 e. The highest BCUT2D eigenvalue weighted by Crippen LogP contribution is 2.20. The van der Waals surface area contributed by atoms with Crippen LogP contribution in [0, 0.1) is 0 Å². The molecular formula is C20H29NO. The molecule has 120 valence electrons. The molecule has 0 N–H and O–H groups in total. The predicted octanol–water partition coefficient (Wildman–Crippen LogP) is 5.15. The Morgan fingerprint density at radius 2 is 1.91 bits per heavy atom. The summed E-state index contributed by atoms with van der Waals surface area (Å²) < 4.78 is 5.54. The van der Waals surface area contributed by atoms with Gasteiger partial charge in [-0.3, -0.25) is 0 Å². The van der Waals surface area contributed by atoms with Gasteiger partial charge in [-0.1, -0.05) is 49.1 Å². The van der Waals surface area contributed by atoms with E-state index in [9.17, 15) is 0 Å². The second-order valence-corrected chi connectivity index (χ2v) is 5.38. The standard InChI is InChI=1S/C20H29NO/c1-5-7-8-12-18(3)13-14-20(22-4)17-19(11-6-2)21-15-9-10-16-21/h5-8,11-12,17H,2-3,9-10,13-16H2,1,4H3/b7-5-,12-8-,19-11+,20-17+. The molecule has 0 bridgehead atoms. The van der Waals surface area contributed by atoms with Crippen LogP contribution in [0.3, 0.4) is 0 Å². The first-order valence-corrected chi connectivity index (χ1v) is 8.00. The van der Waals surface area contributed by atoms with Gasteiger partial charge < -0.3 is 9.64 Å². The molecule has 1 rings (SSSR count). The fraction of sp³-hybridized carbons (Fsp3) is 0.400. The first-order valence-electron chi connectivity index (χ1n) is 8.00. The first kappa shape index (κ1) is 18.1. The van der Waals surface area contributed by atoms with Crippen molar-refractivity contribution in [2.45, 2.75) is 32.6 Å². The highest BCUT2D eigenvalue weighted by molar-refractivity contribution is 5.26. The smallest absolute Gasteiger partial charge is 0.0979 e. The zero-order valence-corrected chi connectivity index (χ0v) is 14.1. The Balaban J connectivity index is 2.65. The van der Waals surface area contributed by atoms with Gasteiger partial charge in [-0.25, -0.2) is 0 Å². The summed E-state index contributed by atoms with van der Waals surface area (Å²) >= 11 is 0. The van der Waals surface area contributed by atoms with E-state index in [0.29, 0.717) is 0 Å². The van der Waals surface area contributed by atoms with Crippen LogP contribution in [0.15, 0.2) is 72.7 Å². The molecule has 1 aliphatic heterocycles. The van der Waals surface area contributed by atoms with E-state index in [2.05, 4.69) is 30.2 Å². The third-order valence-corrected chi connectivity index (χ3v) is 3.66. The first-order chi connectivity index (χ1) is 10.7. The number of likely N-dealkylation sites (tertiary alicyclic amines) is 1. The van der Waals surface area contributed by atoms with Crippen LogP contribution in [0.25, 0.3) is 0 Å². The van der Waals surface area contributed by atoms with Crippen molar-refractivity contribution in [2.75, 3.05) is 20.2 Å². The molecule has 0 amide bonds. The van der Waals surface area contributed by atoms with Crippen LogP contribution in [0.2, 0.25) is 0 Å². The Kier molecular flexibility index (Phi) is 8.82. The van der Waals surface area contributed by atoms with Gasteiger partial charge >= 0.3 is 0 Å². The summed E-state index contributed by atoms with van der Waals surface area (Å²) in [7, 11) is 1.74. The summed E-state index contributed by atoms with van der Waals surface area (Å²) in [6, 6.07) is 0. The van der Waals surface area contributed by atoms with Crippen LogP contribution in [-0.4, -0.2) is 25.1 Å². The van der Waals surface area contributed by atoms with Crippen molar-refractivity contribution in [3.05, 3.63) is 72.7 Å². The molecule has 0 aromatic heterocycles. The van der Waals surface area contributed by atoms with Crippen molar-refractivity contribution in [1.82, 2.24) is 4.90 Å². The number of allylic oxidation sites excluding steroid dienone is 9. The zero-order chi connectivity index (χ0) is 16.2. The molecule has 1 aliphatic rings. The van der Waals surface area contributed by atoms with Gasteiger partial charge in [0, 0.05) is 25.2 Å². The number of methoxy groups -OCH3 is 1. The maximum absolute atomic E-state index is 5.54. The molecular weight excluding hydrogens is 270 g/mol. The maximum atomic E-state index is 5.54. The third kappa shape index (κ3) is 6.66. The van der Waals surface area contributed by atoms with Crippen molar-refractivity contribution in [2.24, 2.45) is 0 Å². The van der Waals surface area contributed by atoms with Gasteiger partial charge in [-0.15, -0.1) is 0 Å². The molecule has 0 aromatic carbocycles. The van der Waals surface area contributed by atoms with Crippen molar-refractivity contribution >= 4 is 0 Å². The molecule has 22 heavy (non-hydrogen) atoms. The predicted molar refractivity (Wildman–Crippen MR) is 96.5 cm³/mol. The molecule has 0 spiro atoms. The number of nitrogens with zero attached hydrogens (tertiary/aromatic N) is 1. The van der Waals surface area contributed by atoms with Crippen LogP contribution in [0.4, 0.5) is 0 Å². The monoisotopic (exact) mass is 299 g/mol. The summed E-state index contributed by atoms with van der Waals surface area (Å²) in [5.41, 5.74) is 2.30. The van der Waals surface area contributed by atoms with E-state index in [0.717, 1.165) is 37.3 Å². The van der Waals surface area contributed by atoms with E-state index < -0.39 is 0 Å². The van der Waals surface area contributed by atoms with Crippen LogP contribution in [-0.2, 0) is 4.74 Å². The van der Waals surface area contributed by atoms with Crippen molar-refractivity contribution in [3.8, 4) is 0 Å². The SMILES string of the molecule is C=C/C=C(\C=C(/CCC(=C)/C=C\C=C/C)OC)N1CCCC1. The minimum Gasteiger partial charge on any atom is -0.501 e. The van der Waals surface area contributed by atoms with Gasteiger partial charge in [0.1, 0.15) is 0 Å². The van der Waals surface area contributed by atoms with Gasteiger partial charge in [-0.05, 0) is 38.3 Å². The van der Waals surface area contributed by atoms with E-state index in [1.807, 2.05) is 37.3 Å². The van der Waals surface area contributed by atoms with E-state index in [1.54, 1.807) is 7.11 Å². The molecule has 0 unspecified atom stereocenters. The molecule has 0 aliphatic carbocycles. The lowest BCUT2D eigenvalue weighted by Crippen LogP contribution is -2.17. The van der Waals surface area contributed by atoms with Crippen LogP contribution in [0.5, 0.6) is 0 Å². The fourth-order valence-electron chi connectivity index (χ4n) is 2.41. The van der Waals surface area contributed by atoms with Crippen LogP contribution >= 0.6 is 0 Å². The minimum absolute atomic E-state index is 0.859. The lowest BCUT2D eigenvalue weighted by atomic mass is 10.1. The minimum atomic E-state index is 0.859. The van der Waals surface area contributed by atoms with E-state index in [-0.39, 0.29) is 0 Å². The fourth-order valence-corrected chi connectivity index (χ4v) is 2.41. The lowest BCUT2D eigenvalue weighted by Gasteiger charge is -2.19. The van der Waals surface area contributed by atoms with Crippen LogP contribution in [0.1, 0.15) is 32.6 Å². The number of rotatable bonds is 9. The summed E-state index contributed by atoms with van der Waals surface area (Å²) in [6.07, 6.45) is 18.4. The van der Waals surface area contributed by atoms with Gasteiger partial charge in [0.05, 0.1) is 12.9 Å². The summed E-state index contributed by atoms with van der Waals surface area (Å²) in [5.74, 6) is 0.987. The third-order valence-electron chi connectivity index (χ3n) is 3.66. The average Bonchev–Trinajstić information content (AvgIpc) is 3.05. The summed E-state index contributed by atoms with van der Waals surface area (Å²) in [6.45, 7) is 12.1. The van der Waals surface area contributed by atoms with E-state index >= 15 is 0 Å².